The summed E-state index contributed by atoms with van der Waals surface area (Å²) in [6.07, 6.45) is 3.15. The predicted octanol–water partition coefficient (Wildman–Crippen LogP) is 2.45. The van der Waals surface area contributed by atoms with Gasteiger partial charge in [0.2, 0.25) is 5.95 Å². The normalized spacial score (nSPS) is 17.2. The van der Waals surface area contributed by atoms with Crippen molar-refractivity contribution < 1.29 is 5.11 Å². The van der Waals surface area contributed by atoms with Crippen molar-refractivity contribution in [2.75, 3.05) is 23.8 Å². The van der Waals surface area contributed by atoms with Gasteiger partial charge >= 0.3 is 0 Å². The molecule has 0 amide bonds. The lowest BCUT2D eigenvalue weighted by atomic mass is 9.77. The molecule has 2 heterocycles. The van der Waals surface area contributed by atoms with E-state index < -0.39 is 0 Å². The molecule has 2 aromatic heterocycles. The van der Waals surface area contributed by atoms with Gasteiger partial charge in [-0.25, -0.2) is 4.98 Å². The number of hydrogen-bond donors (Lipinski definition) is 3. The van der Waals surface area contributed by atoms with Crippen LogP contribution in [0.2, 0.25) is 0 Å². The molecule has 5 nitrogen and oxygen atoms in total. The highest BCUT2D eigenvalue weighted by Gasteiger charge is 2.37. The van der Waals surface area contributed by atoms with Crippen LogP contribution in [-0.2, 0) is 0 Å². The Morgan fingerprint density at radius 3 is 2.89 bits per heavy atom. The van der Waals surface area contributed by atoms with Crippen LogP contribution in [0.25, 0.3) is 10.2 Å². The molecule has 0 spiro atoms. The second-order valence-electron chi connectivity index (χ2n) is 4.98. The Bertz CT molecular complexity index is 574. The molecule has 3 N–H and O–H groups in total. The number of fused-ring (bicyclic) bond motifs is 1. The van der Waals surface area contributed by atoms with E-state index in [4.69, 9.17) is 0 Å². The Balaban J connectivity index is 1.98. The number of thiophene rings is 1. The molecule has 3 rings (SSSR count). The maximum atomic E-state index is 9.57. The molecule has 2 aromatic rings. The van der Waals surface area contributed by atoms with E-state index in [1.54, 1.807) is 11.3 Å². The van der Waals surface area contributed by atoms with Crippen LogP contribution in [0, 0.1) is 0 Å². The van der Waals surface area contributed by atoms with Crippen LogP contribution in [0.5, 0.6) is 0 Å². The molecule has 0 unspecified atom stereocenters. The van der Waals surface area contributed by atoms with E-state index in [1.165, 1.54) is 0 Å². The van der Waals surface area contributed by atoms with Crippen molar-refractivity contribution in [3.63, 3.8) is 0 Å². The first-order valence-corrected chi connectivity index (χ1v) is 7.52. The van der Waals surface area contributed by atoms with Crippen LogP contribution in [0.1, 0.15) is 26.2 Å². The summed E-state index contributed by atoms with van der Waals surface area (Å²) in [5, 5.41) is 19.2. The molecule has 0 radical (unpaired) electrons. The molecule has 0 aromatic carbocycles. The molecule has 6 heteroatoms. The molecule has 0 bridgehead atoms. The van der Waals surface area contributed by atoms with Crippen LogP contribution in [0.3, 0.4) is 0 Å². The lowest BCUT2D eigenvalue weighted by Gasteiger charge is -2.41. The molecular formula is C13H18N4OS. The van der Waals surface area contributed by atoms with Crippen LogP contribution < -0.4 is 10.6 Å². The Morgan fingerprint density at radius 2 is 2.26 bits per heavy atom. The highest BCUT2D eigenvalue weighted by molar-refractivity contribution is 7.16. The third-order valence-electron chi connectivity index (χ3n) is 3.66. The van der Waals surface area contributed by atoms with Crippen molar-refractivity contribution >= 4 is 33.3 Å². The molecule has 1 fully saturated rings. The number of aliphatic hydroxyl groups excluding tert-OH is 1. The number of nitrogens with zero attached hydrogens (tertiary/aromatic N) is 2. The van der Waals surface area contributed by atoms with Gasteiger partial charge in [-0.15, -0.1) is 11.3 Å². The standard InChI is InChI=1S/C13H18N4OS/c1-2-14-12-15-10(9-4-7-19-11(9)16-12)17-13(8-18)5-3-6-13/h4,7,18H,2-3,5-6,8H2,1H3,(H2,14,15,16,17). The second-order valence-corrected chi connectivity index (χ2v) is 5.88. The fourth-order valence-electron chi connectivity index (χ4n) is 2.37. The first-order chi connectivity index (χ1) is 9.26. The van der Waals surface area contributed by atoms with Gasteiger partial charge in [0.1, 0.15) is 10.6 Å². The Kier molecular flexibility index (Phi) is 3.28. The molecule has 0 aliphatic heterocycles. The minimum absolute atomic E-state index is 0.152. The van der Waals surface area contributed by atoms with Crippen LogP contribution in [-0.4, -0.2) is 33.8 Å². The maximum Gasteiger partial charge on any atom is 0.226 e. The van der Waals surface area contributed by atoms with Gasteiger partial charge in [0.25, 0.3) is 0 Å². The lowest BCUT2D eigenvalue weighted by Crippen LogP contribution is -2.48. The monoisotopic (exact) mass is 278 g/mol. The van der Waals surface area contributed by atoms with E-state index in [1.807, 2.05) is 18.4 Å². The van der Waals surface area contributed by atoms with Crippen molar-refractivity contribution in [3.8, 4) is 0 Å². The molecule has 19 heavy (non-hydrogen) atoms. The second kappa shape index (κ2) is 4.94. The van der Waals surface area contributed by atoms with Gasteiger partial charge in [-0.3, -0.25) is 0 Å². The Hall–Kier alpha value is -1.40. The number of hydrogen-bond acceptors (Lipinski definition) is 6. The van der Waals surface area contributed by atoms with E-state index >= 15 is 0 Å². The van der Waals surface area contributed by atoms with E-state index in [9.17, 15) is 5.11 Å². The zero-order chi connectivity index (χ0) is 13.3. The van der Waals surface area contributed by atoms with Crippen molar-refractivity contribution in [1.29, 1.82) is 0 Å². The quantitative estimate of drug-likeness (QED) is 0.783. The first kappa shape index (κ1) is 12.6. The van der Waals surface area contributed by atoms with Gasteiger partial charge < -0.3 is 15.7 Å². The topological polar surface area (TPSA) is 70.1 Å². The molecule has 102 valence electrons. The molecule has 1 aliphatic rings. The van der Waals surface area contributed by atoms with E-state index in [0.29, 0.717) is 5.95 Å². The predicted molar refractivity (Wildman–Crippen MR) is 78.9 cm³/mol. The summed E-state index contributed by atoms with van der Waals surface area (Å²) >= 11 is 1.61. The minimum atomic E-state index is -0.188. The van der Waals surface area contributed by atoms with Gasteiger partial charge in [0.05, 0.1) is 17.5 Å². The van der Waals surface area contributed by atoms with Gasteiger partial charge in [0, 0.05) is 6.54 Å². The molecular weight excluding hydrogens is 260 g/mol. The van der Waals surface area contributed by atoms with Crippen LogP contribution in [0.15, 0.2) is 11.4 Å². The number of nitrogens with one attached hydrogen (secondary N) is 2. The van der Waals surface area contributed by atoms with Crippen molar-refractivity contribution in [2.24, 2.45) is 0 Å². The third kappa shape index (κ3) is 2.26. The molecule has 1 saturated carbocycles. The zero-order valence-corrected chi connectivity index (χ0v) is 11.8. The average Bonchev–Trinajstić information content (AvgIpc) is 2.82. The van der Waals surface area contributed by atoms with Gasteiger partial charge in [-0.05, 0) is 37.6 Å². The number of rotatable bonds is 5. The summed E-state index contributed by atoms with van der Waals surface area (Å²) in [7, 11) is 0. The maximum absolute atomic E-state index is 9.57. The summed E-state index contributed by atoms with van der Waals surface area (Å²) in [4.78, 5) is 9.99. The Labute approximate surface area is 116 Å². The van der Waals surface area contributed by atoms with Gasteiger partial charge in [-0.1, -0.05) is 0 Å². The number of aromatic nitrogens is 2. The Morgan fingerprint density at radius 1 is 1.42 bits per heavy atom. The average molecular weight is 278 g/mol. The zero-order valence-electron chi connectivity index (χ0n) is 10.9. The van der Waals surface area contributed by atoms with Crippen LogP contribution in [0.4, 0.5) is 11.8 Å². The fourth-order valence-corrected chi connectivity index (χ4v) is 3.13. The minimum Gasteiger partial charge on any atom is -0.394 e. The van der Waals surface area contributed by atoms with Crippen molar-refractivity contribution in [1.82, 2.24) is 9.97 Å². The van der Waals surface area contributed by atoms with E-state index in [2.05, 4.69) is 20.6 Å². The highest BCUT2D eigenvalue weighted by atomic mass is 32.1. The number of anilines is 2. The summed E-state index contributed by atoms with van der Waals surface area (Å²) < 4.78 is 0. The van der Waals surface area contributed by atoms with E-state index in [-0.39, 0.29) is 12.1 Å². The van der Waals surface area contributed by atoms with E-state index in [0.717, 1.165) is 41.8 Å². The summed E-state index contributed by atoms with van der Waals surface area (Å²) in [6, 6.07) is 2.03. The summed E-state index contributed by atoms with van der Waals surface area (Å²) in [5.41, 5.74) is -0.188. The fraction of sp³-hybridized carbons (Fsp3) is 0.538. The van der Waals surface area contributed by atoms with Crippen LogP contribution >= 0.6 is 11.3 Å². The third-order valence-corrected chi connectivity index (χ3v) is 4.46. The molecule has 0 saturated heterocycles. The molecule has 0 atom stereocenters. The SMILES string of the molecule is CCNc1nc(NC2(CO)CCC2)c2ccsc2n1. The van der Waals surface area contributed by atoms with Gasteiger partial charge in [-0.2, -0.15) is 4.98 Å². The largest absolute Gasteiger partial charge is 0.394 e. The molecule has 1 aliphatic carbocycles. The summed E-state index contributed by atoms with van der Waals surface area (Å²) in [6.45, 7) is 2.97. The van der Waals surface area contributed by atoms with Crippen molar-refractivity contribution in [2.45, 2.75) is 31.7 Å². The number of aliphatic hydroxyl groups is 1. The van der Waals surface area contributed by atoms with Gasteiger partial charge in [0.15, 0.2) is 0 Å². The summed E-state index contributed by atoms with van der Waals surface area (Å²) in [5.74, 6) is 1.48. The highest BCUT2D eigenvalue weighted by Crippen LogP contribution is 2.37. The lowest BCUT2D eigenvalue weighted by molar-refractivity contribution is 0.144. The first-order valence-electron chi connectivity index (χ1n) is 6.64. The van der Waals surface area contributed by atoms with Crippen molar-refractivity contribution in [3.05, 3.63) is 11.4 Å². The smallest absolute Gasteiger partial charge is 0.226 e.